The van der Waals surface area contributed by atoms with Crippen molar-refractivity contribution in [2.75, 3.05) is 5.43 Å². The van der Waals surface area contributed by atoms with Crippen LogP contribution in [0, 0.1) is 6.92 Å². The van der Waals surface area contributed by atoms with Crippen molar-refractivity contribution in [3.63, 3.8) is 0 Å². The maximum absolute atomic E-state index is 13.0. The van der Waals surface area contributed by atoms with Crippen molar-refractivity contribution in [1.29, 1.82) is 0 Å². The molecule has 0 aliphatic carbocycles. The van der Waals surface area contributed by atoms with Crippen molar-refractivity contribution >= 4 is 11.5 Å². The van der Waals surface area contributed by atoms with Gasteiger partial charge in [0, 0.05) is 0 Å². The van der Waals surface area contributed by atoms with E-state index in [2.05, 4.69) is 10.5 Å². The summed E-state index contributed by atoms with van der Waals surface area (Å²) in [5.41, 5.74) is 3.77. The molecule has 1 N–H and O–H groups in total. The lowest BCUT2D eigenvalue weighted by Gasteiger charge is -2.05. The molecule has 0 saturated heterocycles. The predicted octanol–water partition coefficient (Wildman–Crippen LogP) is 3.12. The zero-order valence-corrected chi connectivity index (χ0v) is 10.7. The van der Waals surface area contributed by atoms with E-state index in [0.717, 1.165) is 10.1 Å². The van der Waals surface area contributed by atoms with Crippen molar-refractivity contribution in [2.45, 2.75) is 13.1 Å². The molecule has 0 saturated carbocycles. The SMILES string of the molecule is Cc1cc[n+](/C(=N\Nc2ccccc2)C(F)(F)F)cc1. The summed E-state index contributed by atoms with van der Waals surface area (Å²) in [5, 5.41) is 3.47. The van der Waals surface area contributed by atoms with Crippen molar-refractivity contribution in [3.05, 3.63) is 60.4 Å². The molecule has 6 heteroatoms. The molecule has 0 aliphatic heterocycles. The molecule has 3 nitrogen and oxygen atoms in total. The Morgan fingerprint density at radius 1 is 1.05 bits per heavy atom. The summed E-state index contributed by atoms with van der Waals surface area (Å²) in [7, 11) is 0. The molecule has 0 radical (unpaired) electrons. The Morgan fingerprint density at radius 3 is 2.20 bits per heavy atom. The number of hydrogen-bond donors (Lipinski definition) is 1. The van der Waals surface area contributed by atoms with Crippen LogP contribution in [-0.4, -0.2) is 12.0 Å². The molecule has 104 valence electrons. The Morgan fingerprint density at radius 2 is 1.65 bits per heavy atom. The normalized spacial score (nSPS) is 12.3. The van der Waals surface area contributed by atoms with Crippen LogP contribution >= 0.6 is 0 Å². The number of halogens is 3. The van der Waals surface area contributed by atoms with E-state index in [4.69, 9.17) is 0 Å². The first-order chi connectivity index (χ1) is 9.47. The Kier molecular flexibility index (Phi) is 4.02. The van der Waals surface area contributed by atoms with E-state index in [1.165, 1.54) is 12.4 Å². The lowest BCUT2D eigenvalue weighted by Crippen LogP contribution is -2.51. The molecule has 20 heavy (non-hydrogen) atoms. The molecular formula is C14H13F3N3+. The largest absolute Gasteiger partial charge is 0.501 e. The third-order valence-corrected chi connectivity index (χ3v) is 2.56. The van der Waals surface area contributed by atoms with E-state index < -0.39 is 12.0 Å². The third kappa shape index (κ3) is 3.57. The average molecular weight is 280 g/mol. The van der Waals surface area contributed by atoms with E-state index in [0.29, 0.717) is 5.69 Å². The Bertz CT molecular complexity index is 589. The fourth-order valence-corrected chi connectivity index (χ4v) is 1.54. The summed E-state index contributed by atoms with van der Waals surface area (Å²) in [5.74, 6) is -1.03. The second kappa shape index (κ2) is 5.73. The van der Waals surface area contributed by atoms with Crippen LogP contribution in [-0.2, 0) is 0 Å². The highest BCUT2D eigenvalue weighted by atomic mass is 19.4. The Balaban J connectivity index is 2.31. The maximum Gasteiger partial charge on any atom is 0.501 e. The van der Waals surface area contributed by atoms with Gasteiger partial charge in [0.05, 0.1) is 23.2 Å². The summed E-state index contributed by atoms with van der Waals surface area (Å²) < 4.78 is 40.0. The van der Waals surface area contributed by atoms with Gasteiger partial charge < -0.3 is 0 Å². The molecule has 0 spiro atoms. The zero-order chi connectivity index (χ0) is 14.6. The molecule has 0 unspecified atom stereocenters. The van der Waals surface area contributed by atoms with E-state index in [9.17, 15) is 13.2 Å². The summed E-state index contributed by atoms with van der Waals surface area (Å²) in [4.78, 5) is 0. The minimum absolute atomic E-state index is 0.488. The number of aromatic nitrogens is 1. The summed E-state index contributed by atoms with van der Waals surface area (Å²) >= 11 is 0. The maximum atomic E-state index is 13.0. The number of nitrogens with one attached hydrogen (secondary N) is 1. The third-order valence-electron chi connectivity index (χ3n) is 2.56. The van der Waals surface area contributed by atoms with Crippen LogP contribution in [0.25, 0.3) is 0 Å². The fraction of sp³-hybridized carbons (Fsp3) is 0.143. The van der Waals surface area contributed by atoms with Crippen molar-refractivity contribution < 1.29 is 17.7 Å². The highest BCUT2D eigenvalue weighted by molar-refractivity contribution is 5.79. The number of hydrazone groups is 1. The zero-order valence-electron chi connectivity index (χ0n) is 10.7. The molecular weight excluding hydrogens is 267 g/mol. The van der Waals surface area contributed by atoms with Crippen LogP contribution in [0.15, 0.2) is 60.0 Å². The first-order valence-electron chi connectivity index (χ1n) is 5.91. The standard InChI is InChI=1S/C14H13F3N3/c1-11-7-9-20(10-8-11)13(14(15,16)17)19-18-12-5-3-2-4-6-12/h2-10,18H,1H3/q+1/b19-13-. The predicted molar refractivity (Wildman–Crippen MR) is 70.3 cm³/mol. The molecule has 1 aromatic carbocycles. The van der Waals surface area contributed by atoms with Crippen molar-refractivity contribution in [2.24, 2.45) is 5.10 Å². The van der Waals surface area contributed by atoms with E-state index in [-0.39, 0.29) is 0 Å². The number of hydrogen-bond acceptors (Lipinski definition) is 2. The topological polar surface area (TPSA) is 28.3 Å². The molecule has 0 bridgehead atoms. The van der Waals surface area contributed by atoms with Crippen LogP contribution in [0.5, 0.6) is 0 Å². The molecule has 1 heterocycles. The molecule has 0 amide bonds. The lowest BCUT2D eigenvalue weighted by atomic mass is 10.3. The van der Waals surface area contributed by atoms with Gasteiger partial charge in [-0.15, -0.1) is 0 Å². The van der Waals surface area contributed by atoms with Gasteiger partial charge in [-0.3, -0.25) is 0 Å². The van der Waals surface area contributed by atoms with Crippen molar-refractivity contribution in [1.82, 2.24) is 0 Å². The quantitative estimate of drug-likeness (QED) is 0.389. The number of anilines is 1. The Hall–Kier alpha value is -2.37. The van der Waals surface area contributed by atoms with Crippen LogP contribution in [0.2, 0.25) is 0 Å². The van der Waals surface area contributed by atoms with Gasteiger partial charge in [-0.25, -0.2) is 0 Å². The van der Waals surface area contributed by atoms with Gasteiger partial charge in [0.15, 0.2) is 0 Å². The summed E-state index contributed by atoms with van der Waals surface area (Å²) in [6.07, 6.45) is -1.90. The number of rotatable bonds is 2. The molecule has 0 atom stereocenters. The highest BCUT2D eigenvalue weighted by Crippen LogP contribution is 2.16. The van der Waals surface area contributed by atoms with Crippen LogP contribution in [0.3, 0.4) is 0 Å². The lowest BCUT2D eigenvalue weighted by molar-refractivity contribution is -0.568. The number of pyridine rings is 1. The van der Waals surface area contributed by atoms with E-state index in [1.807, 2.05) is 0 Å². The molecule has 2 rings (SSSR count). The van der Waals surface area contributed by atoms with Gasteiger partial charge >= 0.3 is 12.0 Å². The minimum atomic E-state index is -4.55. The van der Waals surface area contributed by atoms with Gasteiger partial charge in [-0.2, -0.15) is 23.2 Å². The number of aryl methyl sites for hydroxylation is 1. The monoisotopic (exact) mass is 280 g/mol. The number of alkyl halides is 3. The van der Waals surface area contributed by atoms with E-state index >= 15 is 0 Å². The van der Waals surface area contributed by atoms with Crippen LogP contribution < -0.4 is 9.99 Å². The fourth-order valence-electron chi connectivity index (χ4n) is 1.54. The molecule has 2 aromatic rings. The van der Waals surface area contributed by atoms with Crippen LogP contribution in [0.1, 0.15) is 5.56 Å². The molecule has 1 aromatic heterocycles. The summed E-state index contributed by atoms with van der Waals surface area (Å²) in [6, 6.07) is 11.6. The molecule has 0 fully saturated rings. The molecule has 0 aliphatic rings. The van der Waals surface area contributed by atoms with E-state index in [1.54, 1.807) is 49.4 Å². The van der Waals surface area contributed by atoms with Crippen molar-refractivity contribution in [3.8, 4) is 0 Å². The smallest absolute Gasteiger partial charge is 0.197 e. The van der Waals surface area contributed by atoms with Gasteiger partial charge in [0.25, 0.3) is 0 Å². The number of benzene rings is 1. The Labute approximate surface area is 114 Å². The second-order valence-electron chi connectivity index (χ2n) is 4.19. The average Bonchev–Trinajstić information content (AvgIpc) is 2.41. The highest BCUT2D eigenvalue weighted by Gasteiger charge is 2.46. The number of para-hydroxylation sites is 1. The first kappa shape index (κ1) is 14.0. The number of nitrogens with zero attached hydrogens (tertiary/aromatic N) is 2. The first-order valence-corrected chi connectivity index (χ1v) is 5.91. The summed E-state index contributed by atoms with van der Waals surface area (Å²) in [6.45, 7) is 1.80. The minimum Gasteiger partial charge on any atom is -0.197 e. The van der Waals surface area contributed by atoms with Gasteiger partial charge in [-0.1, -0.05) is 18.2 Å². The van der Waals surface area contributed by atoms with Crippen LogP contribution in [0.4, 0.5) is 18.9 Å². The van der Waals surface area contributed by atoms with Gasteiger partial charge in [0.2, 0.25) is 0 Å². The van der Waals surface area contributed by atoms with Gasteiger partial charge in [0.1, 0.15) is 0 Å². The van der Waals surface area contributed by atoms with Gasteiger partial charge in [-0.05, 0) is 36.8 Å². The second-order valence-corrected chi connectivity index (χ2v) is 4.19.